The summed E-state index contributed by atoms with van der Waals surface area (Å²) in [7, 11) is -7.59. The topological polar surface area (TPSA) is 71.5 Å². The van der Waals surface area contributed by atoms with Crippen molar-refractivity contribution >= 4 is 19.9 Å². The highest BCUT2D eigenvalue weighted by Crippen LogP contribution is 2.25. The molecule has 0 unspecified atom stereocenters. The fourth-order valence-electron chi connectivity index (χ4n) is 2.33. The lowest BCUT2D eigenvalue weighted by atomic mass is 10.2. The molecule has 1 fully saturated rings. The van der Waals surface area contributed by atoms with Crippen LogP contribution in [0.1, 0.15) is 25.7 Å². The zero-order chi connectivity index (χ0) is 15.7. The maximum Gasteiger partial charge on any atom is 0.246 e. The summed E-state index contributed by atoms with van der Waals surface area (Å²) in [6.45, 7) is 0.676. The predicted molar refractivity (Wildman–Crippen MR) is 76.7 cm³/mol. The summed E-state index contributed by atoms with van der Waals surface area (Å²) in [5.74, 6) is -0.924. The van der Waals surface area contributed by atoms with Crippen molar-refractivity contribution < 1.29 is 21.2 Å². The van der Waals surface area contributed by atoms with E-state index < -0.39 is 30.6 Å². The second-order valence-corrected chi connectivity index (χ2v) is 9.10. The van der Waals surface area contributed by atoms with E-state index in [0.29, 0.717) is 13.1 Å². The molecule has 8 heteroatoms. The molecule has 0 spiro atoms. The standard InChI is InChI=1S/C13H18FNO4S2/c1-20(16,17)11-6-7-12(14)13(10-11)21(18,19)15-8-4-2-3-5-9-15/h6-7,10H,2-5,8-9H2,1H3. The number of sulfonamides is 1. The van der Waals surface area contributed by atoms with E-state index in [4.69, 9.17) is 0 Å². The lowest BCUT2D eigenvalue weighted by molar-refractivity contribution is 0.419. The molecular weight excluding hydrogens is 317 g/mol. The van der Waals surface area contributed by atoms with Crippen molar-refractivity contribution in [2.24, 2.45) is 0 Å². The molecule has 1 aliphatic heterocycles. The minimum atomic E-state index is -4.00. The molecule has 1 aliphatic rings. The monoisotopic (exact) mass is 335 g/mol. The fourth-order valence-corrected chi connectivity index (χ4v) is 4.66. The SMILES string of the molecule is CS(=O)(=O)c1ccc(F)c(S(=O)(=O)N2CCCCCC2)c1. The van der Waals surface area contributed by atoms with Gasteiger partial charge in [0.15, 0.2) is 9.84 Å². The van der Waals surface area contributed by atoms with Gasteiger partial charge in [0.1, 0.15) is 10.7 Å². The summed E-state index contributed by atoms with van der Waals surface area (Å²) in [6.07, 6.45) is 4.30. The fraction of sp³-hybridized carbons (Fsp3) is 0.538. The van der Waals surface area contributed by atoms with Crippen LogP contribution < -0.4 is 0 Å². The molecule has 0 amide bonds. The van der Waals surface area contributed by atoms with Crippen LogP contribution in [0.2, 0.25) is 0 Å². The van der Waals surface area contributed by atoms with Crippen molar-refractivity contribution in [3.05, 3.63) is 24.0 Å². The van der Waals surface area contributed by atoms with Gasteiger partial charge in [-0.2, -0.15) is 4.31 Å². The van der Waals surface area contributed by atoms with Crippen LogP contribution in [-0.2, 0) is 19.9 Å². The summed E-state index contributed by atoms with van der Waals surface area (Å²) < 4.78 is 63.3. The highest BCUT2D eigenvalue weighted by atomic mass is 32.2. The van der Waals surface area contributed by atoms with Crippen molar-refractivity contribution in [3.8, 4) is 0 Å². The molecule has 0 N–H and O–H groups in total. The van der Waals surface area contributed by atoms with Gasteiger partial charge in [0, 0.05) is 19.3 Å². The van der Waals surface area contributed by atoms with Crippen molar-refractivity contribution in [2.45, 2.75) is 35.5 Å². The van der Waals surface area contributed by atoms with Crippen molar-refractivity contribution in [3.63, 3.8) is 0 Å². The summed E-state index contributed by atoms with van der Waals surface area (Å²) in [5.41, 5.74) is 0. The van der Waals surface area contributed by atoms with Gasteiger partial charge in [0.2, 0.25) is 10.0 Å². The van der Waals surface area contributed by atoms with Crippen LogP contribution >= 0.6 is 0 Å². The highest BCUT2D eigenvalue weighted by Gasteiger charge is 2.29. The molecule has 1 aromatic carbocycles. The summed E-state index contributed by atoms with van der Waals surface area (Å²) in [5, 5.41) is 0. The summed E-state index contributed by atoms with van der Waals surface area (Å²) in [6, 6.07) is 2.87. The molecule has 2 rings (SSSR count). The van der Waals surface area contributed by atoms with E-state index in [-0.39, 0.29) is 4.90 Å². The van der Waals surface area contributed by atoms with E-state index in [0.717, 1.165) is 50.1 Å². The van der Waals surface area contributed by atoms with Crippen LogP contribution in [0.15, 0.2) is 28.0 Å². The molecule has 0 bridgehead atoms. The number of nitrogens with zero attached hydrogens (tertiary/aromatic N) is 1. The maximum atomic E-state index is 13.9. The van der Waals surface area contributed by atoms with Crippen LogP contribution in [-0.4, -0.2) is 40.5 Å². The number of sulfone groups is 1. The van der Waals surface area contributed by atoms with E-state index in [1.165, 1.54) is 4.31 Å². The van der Waals surface area contributed by atoms with E-state index in [2.05, 4.69) is 0 Å². The van der Waals surface area contributed by atoms with Crippen molar-refractivity contribution in [1.29, 1.82) is 0 Å². The van der Waals surface area contributed by atoms with Crippen LogP contribution in [0.3, 0.4) is 0 Å². The molecule has 0 aliphatic carbocycles. The average molecular weight is 335 g/mol. The lowest BCUT2D eigenvalue weighted by Gasteiger charge is -2.20. The van der Waals surface area contributed by atoms with Gasteiger partial charge in [-0.3, -0.25) is 0 Å². The predicted octanol–water partition coefficient (Wildman–Crippen LogP) is 1.79. The van der Waals surface area contributed by atoms with Gasteiger partial charge in [-0.15, -0.1) is 0 Å². The van der Waals surface area contributed by atoms with Crippen LogP contribution in [0.4, 0.5) is 4.39 Å². The number of rotatable bonds is 3. The number of hydrogen-bond acceptors (Lipinski definition) is 4. The van der Waals surface area contributed by atoms with E-state index in [1.807, 2.05) is 0 Å². The van der Waals surface area contributed by atoms with Crippen LogP contribution in [0.5, 0.6) is 0 Å². The van der Waals surface area contributed by atoms with Gasteiger partial charge in [0.25, 0.3) is 0 Å². The quantitative estimate of drug-likeness (QED) is 0.790. The van der Waals surface area contributed by atoms with E-state index in [9.17, 15) is 21.2 Å². The van der Waals surface area contributed by atoms with Gasteiger partial charge < -0.3 is 0 Å². The first kappa shape index (κ1) is 16.4. The van der Waals surface area contributed by atoms with E-state index in [1.54, 1.807) is 0 Å². The number of halogens is 1. The first-order chi connectivity index (χ1) is 9.73. The third-order valence-electron chi connectivity index (χ3n) is 3.51. The van der Waals surface area contributed by atoms with E-state index >= 15 is 0 Å². The molecule has 118 valence electrons. The Hall–Kier alpha value is -0.990. The Balaban J connectivity index is 2.48. The molecule has 21 heavy (non-hydrogen) atoms. The van der Waals surface area contributed by atoms with Gasteiger partial charge >= 0.3 is 0 Å². The normalized spacial score (nSPS) is 18.4. The first-order valence-electron chi connectivity index (χ1n) is 6.73. The second-order valence-electron chi connectivity index (χ2n) is 5.18. The zero-order valence-electron chi connectivity index (χ0n) is 11.7. The lowest BCUT2D eigenvalue weighted by Crippen LogP contribution is -2.32. The molecule has 0 saturated carbocycles. The Labute approximate surface area is 124 Å². The third kappa shape index (κ3) is 3.61. The van der Waals surface area contributed by atoms with Gasteiger partial charge in [0.05, 0.1) is 4.90 Å². The Kier molecular flexibility index (Phi) is 4.69. The minimum absolute atomic E-state index is 0.197. The Morgan fingerprint density at radius 2 is 1.57 bits per heavy atom. The first-order valence-corrected chi connectivity index (χ1v) is 10.1. The zero-order valence-corrected chi connectivity index (χ0v) is 13.4. The molecule has 5 nitrogen and oxygen atoms in total. The summed E-state index contributed by atoms with van der Waals surface area (Å²) >= 11 is 0. The largest absolute Gasteiger partial charge is 0.246 e. The molecule has 1 heterocycles. The summed E-state index contributed by atoms with van der Waals surface area (Å²) in [4.78, 5) is -0.760. The number of benzene rings is 1. The van der Waals surface area contributed by atoms with Gasteiger partial charge in [-0.25, -0.2) is 21.2 Å². The Morgan fingerprint density at radius 1 is 1.00 bits per heavy atom. The smallest absolute Gasteiger partial charge is 0.224 e. The van der Waals surface area contributed by atoms with Gasteiger partial charge in [-0.05, 0) is 31.0 Å². The van der Waals surface area contributed by atoms with Crippen molar-refractivity contribution in [1.82, 2.24) is 4.31 Å². The molecule has 0 atom stereocenters. The minimum Gasteiger partial charge on any atom is -0.224 e. The third-order valence-corrected chi connectivity index (χ3v) is 6.54. The molecule has 0 radical (unpaired) electrons. The Bertz CT molecular complexity index is 721. The second kappa shape index (κ2) is 6.02. The maximum absolute atomic E-state index is 13.9. The number of hydrogen-bond donors (Lipinski definition) is 0. The van der Waals surface area contributed by atoms with Gasteiger partial charge in [-0.1, -0.05) is 12.8 Å². The molecule has 1 aromatic rings. The van der Waals surface area contributed by atoms with Crippen molar-refractivity contribution in [2.75, 3.05) is 19.3 Å². The van der Waals surface area contributed by atoms with Crippen LogP contribution in [0.25, 0.3) is 0 Å². The highest BCUT2D eigenvalue weighted by molar-refractivity contribution is 7.91. The molecule has 0 aromatic heterocycles. The Morgan fingerprint density at radius 3 is 2.10 bits per heavy atom. The van der Waals surface area contributed by atoms with Crippen LogP contribution in [0, 0.1) is 5.82 Å². The average Bonchev–Trinajstić information content (AvgIpc) is 2.66. The molecular formula is C13H18FNO4S2. The molecule has 1 saturated heterocycles.